The number of nitrogens with zero attached hydrogens (tertiary/aromatic N) is 1. The predicted octanol–water partition coefficient (Wildman–Crippen LogP) is 2.59. The Kier molecular flexibility index (Phi) is 5.48. The summed E-state index contributed by atoms with van der Waals surface area (Å²) in [5.41, 5.74) is -0.450. The summed E-state index contributed by atoms with van der Waals surface area (Å²) in [7, 11) is 1.64. The van der Waals surface area contributed by atoms with E-state index in [-0.39, 0.29) is 25.3 Å². The van der Waals surface area contributed by atoms with Crippen LogP contribution < -0.4 is 0 Å². The molecular weight excluding hydrogens is 282 g/mol. The molecule has 5 heteroatoms. The Hall–Kier alpha value is -1.10. The van der Waals surface area contributed by atoms with Crippen molar-refractivity contribution in [2.24, 2.45) is 17.3 Å². The molecule has 2 bridgehead atoms. The van der Waals surface area contributed by atoms with Gasteiger partial charge in [0.05, 0.1) is 6.10 Å². The molecule has 0 aromatic rings. The minimum Gasteiger partial charge on any atom is -0.437 e. The summed E-state index contributed by atoms with van der Waals surface area (Å²) in [4.78, 5) is 25.4. The van der Waals surface area contributed by atoms with Crippen molar-refractivity contribution in [3.05, 3.63) is 0 Å². The monoisotopic (exact) mass is 311 g/mol. The fraction of sp³-hybridized carbons (Fsp3) is 0.882. The van der Waals surface area contributed by atoms with Crippen molar-refractivity contribution in [1.82, 2.24) is 4.90 Å². The van der Waals surface area contributed by atoms with E-state index in [1.807, 2.05) is 20.8 Å². The molecule has 0 aromatic heterocycles. The molecular formula is C17H29NO4. The second kappa shape index (κ2) is 6.99. The molecule has 2 aliphatic carbocycles. The van der Waals surface area contributed by atoms with Crippen molar-refractivity contribution < 1.29 is 19.1 Å². The van der Waals surface area contributed by atoms with Crippen LogP contribution in [0.1, 0.15) is 52.9 Å². The van der Waals surface area contributed by atoms with E-state index in [1.165, 1.54) is 24.2 Å². The predicted molar refractivity (Wildman–Crippen MR) is 83.0 cm³/mol. The van der Waals surface area contributed by atoms with Gasteiger partial charge in [-0.15, -0.1) is 0 Å². The van der Waals surface area contributed by atoms with E-state index in [9.17, 15) is 9.59 Å². The molecule has 0 radical (unpaired) electrons. The third kappa shape index (κ3) is 4.00. The first-order valence-corrected chi connectivity index (χ1v) is 8.36. The topological polar surface area (TPSA) is 55.8 Å². The second-order valence-electron chi connectivity index (χ2n) is 7.41. The van der Waals surface area contributed by atoms with Gasteiger partial charge in [-0.3, -0.25) is 9.59 Å². The Morgan fingerprint density at radius 1 is 1.23 bits per heavy atom. The van der Waals surface area contributed by atoms with E-state index in [0.717, 1.165) is 18.8 Å². The van der Waals surface area contributed by atoms with Gasteiger partial charge in [-0.25, -0.2) is 0 Å². The molecule has 126 valence electrons. The lowest BCUT2D eigenvalue weighted by Gasteiger charge is -2.27. The smallest absolute Gasteiger partial charge is 0.327 e. The van der Waals surface area contributed by atoms with E-state index in [1.54, 1.807) is 7.05 Å². The number of hydrogen-bond donors (Lipinski definition) is 0. The van der Waals surface area contributed by atoms with Crippen LogP contribution >= 0.6 is 0 Å². The Morgan fingerprint density at radius 2 is 1.95 bits per heavy atom. The molecule has 0 saturated heterocycles. The highest BCUT2D eigenvalue weighted by molar-refractivity contribution is 5.85. The normalized spacial score (nSPS) is 27.0. The van der Waals surface area contributed by atoms with Crippen LogP contribution in [0.3, 0.4) is 0 Å². The van der Waals surface area contributed by atoms with Gasteiger partial charge >= 0.3 is 5.97 Å². The molecule has 2 saturated carbocycles. The van der Waals surface area contributed by atoms with Crippen molar-refractivity contribution in [3.63, 3.8) is 0 Å². The summed E-state index contributed by atoms with van der Waals surface area (Å²) >= 11 is 0. The van der Waals surface area contributed by atoms with Crippen molar-refractivity contribution in [1.29, 1.82) is 0 Å². The quantitative estimate of drug-likeness (QED) is 0.536. The van der Waals surface area contributed by atoms with Gasteiger partial charge in [0.15, 0.2) is 6.79 Å². The first-order valence-electron chi connectivity index (χ1n) is 8.36. The Morgan fingerprint density at radius 3 is 2.50 bits per heavy atom. The zero-order valence-electron chi connectivity index (χ0n) is 14.3. The standard InChI is InChI=1S/C17H29NO4/c1-5-17(2,3)16(20)18(4)10-15(19)22-11-21-14-9-12-6-7-13(14)8-12/h12-14H,5-11H2,1-4H3/t12-,13+,14?/m1/s1. The fourth-order valence-corrected chi connectivity index (χ4v) is 3.56. The summed E-state index contributed by atoms with van der Waals surface area (Å²) in [5, 5.41) is 0. The molecule has 0 N–H and O–H groups in total. The Balaban J connectivity index is 1.66. The molecule has 0 heterocycles. The number of fused-ring (bicyclic) bond motifs is 2. The lowest BCUT2D eigenvalue weighted by Crippen LogP contribution is -2.41. The average Bonchev–Trinajstić information content (AvgIpc) is 3.08. The summed E-state index contributed by atoms with van der Waals surface area (Å²) in [6, 6.07) is 0. The number of esters is 1. The van der Waals surface area contributed by atoms with E-state index in [4.69, 9.17) is 9.47 Å². The highest BCUT2D eigenvalue weighted by atomic mass is 16.7. The summed E-state index contributed by atoms with van der Waals surface area (Å²) < 4.78 is 10.8. The number of hydrogen-bond acceptors (Lipinski definition) is 4. The van der Waals surface area contributed by atoms with E-state index < -0.39 is 11.4 Å². The summed E-state index contributed by atoms with van der Waals surface area (Å²) in [5.74, 6) is 1.01. The van der Waals surface area contributed by atoms with Crippen molar-refractivity contribution >= 4 is 11.9 Å². The summed E-state index contributed by atoms with van der Waals surface area (Å²) in [6.45, 7) is 5.71. The highest BCUT2D eigenvalue weighted by Gasteiger charge is 2.40. The summed E-state index contributed by atoms with van der Waals surface area (Å²) in [6.07, 6.45) is 5.92. The van der Waals surface area contributed by atoms with Crippen LogP contribution in [0.25, 0.3) is 0 Å². The number of amides is 1. The van der Waals surface area contributed by atoms with Gasteiger partial charge in [-0.2, -0.15) is 0 Å². The molecule has 1 unspecified atom stereocenters. The van der Waals surface area contributed by atoms with Crippen molar-refractivity contribution in [2.75, 3.05) is 20.4 Å². The first kappa shape index (κ1) is 17.3. The molecule has 2 rings (SSSR count). The molecule has 2 fully saturated rings. The maximum Gasteiger partial charge on any atom is 0.327 e. The van der Waals surface area contributed by atoms with E-state index in [0.29, 0.717) is 5.92 Å². The zero-order chi connectivity index (χ0) is 16.3. The van der Waals surface area contributed by atoms with Crippen LogP contribution in [-0.4, -0.2) is 43.3 Å². The van der Waals surface area contributed by atoms with Gasteiger partial charge in [0, 0.05) is 12.5 Å². The van der Waals surface area contributed by atoms with Crippen LogP contribution in [0.2, 0.25) is 0 Å². The molecule has 0 aliphatic heterocycles. The maximum absolute atomic E-state index is 12.2. The molecule has 2 aliphatic rings. The number of rotatable bonds is 7. The van der Waals surface area contributed by atoms with E-state index >= 15 is 0 Å². The van der Waals surface area contributed by atoms with Gasteiger partial charge < -0.3 is 14.4 Å². The van der Waals surface area contributed by atoms with Crippen LogP contribution in [-0.2, 0) is 19.1 Å². The van der Waals surface area contributed by atoms with Crippen LogP contribution in [0.4, 0.5) is 0 Å². The fourth-order valence-electron chi connectivity index (χ4n) is 3.56. The molecule has 0 aromatic carbocycles. The number of carbonyl (C=O) groups is 2. The number of likely N-dealkylation sites (N-methyl/N-ethyl adjacent to an activating group) is 1. The molecule has 5 nitrogen and oxygen atoms in total. The first-order chi connectivity index (χ1) is 10.3. The van der Waals surface area contributed by atoms with Gasteiger partial charge in [0.25, 0.3) is 0 Å². The lowest BCUT2D eigenvalue weighted by atomic mass is 9.89. The van der Waals surface area contributed by atoms with Gasteiger partial charge in [0.2, 0.25) is 5.91 Å². The van der Waals surface area contributed by atoms with Gasteiger partial charge in [-0.05, 0) is 43.9 Å². The molecule has 3 atom stereocenters. The zero-order valence-corrected chi connectivity index (χ0v) is 14.3. The van der Waals surface area contributed by atoms with Gasteiger partial charge in [0.1, 0.15) is 6.54 Å². The largest absolute Gasteiger partial charge is 0.437 e. The van der Waals surface area contributed by atoms with Crippen LogP contribution in [0, 0.1) is 17.3 Å². The van der Waals surface area contributed by atoms with E-state index in [2.05, 4.69) is 0 Å². The Labute approximate surface area is 133 Å². The van der Waals surface area contributed by atoms with Gasteiger partial charge in [-0.1, -0.05) is 20.8 Å². The van der Waals surface area contributed by atoms with Crippen molar-refractivity contribution in [2.45, 2.75) is 59.0 Å². The molecule has 0 spiro atoms. The molecule has 1 amide bonds. The Bertz CT molecular complexity index is 421. The number of carbonyl (C=O) groups excluding carboxylic acids is 2. The van der Waals surface area contributed by atoms with Crippen LogP contribution in [0.5, 0.6) is 0 Å². The number of ether oxygens (including phenoxy) is 2. The molecule has 22 heavy (non-hydrogen) atoms. The lowest BCUT2D eigenvalue weighted by molar-refractivity contribution is -0.166. The third-order valence-corrected chi connectivity index (χ3v) is 5.35. The SMILES string of the molecule is CCC(C)(C)C(=O)N(C)CC(=O)OCOC1C[C@@H]2CC[C@H]1C2. The van der Waals surface area contributed by atoms with Crippen molar-refractivity contribution in [3.8, 4) is 0 Å². The minimum atomic E-state index is -0.450. The highest BCUT2D eigenvalue weighted by Crippen LogP contribution is 2.45. The third-order valence-electron chi connectivity index (χ3n) is 5.35. The maximum atomic E-state index is 12.2. The van der Waals surface area contributed by atoms with Crippen LogP contribution in [0.15, 0.2) is 0 Å². The average molecular weight is 311 g/mol. The minimum absolute atomic E-state index is 0.00587. The second-order valence-corrected chi connectivity index (χ2v) is 7.41.